The molecule has 4 aliphatic rings. The van der Waals surface area contributed by atoms with Gasteiger partial charge in [0, 0.05) is 28.6 Å². The zero-order chi connectivity index (χ0) is 20.8. The zero-order valence-electron chi connectivity index (χ0n) is 16.9. The van der Waals surface area contributed by atoms with Crippen LogP contribution in [0.15, 0.2) is 11.3 Å². The highest BCUT2D eigenvalue weighted by Crippen LogP contribution is 2.67. The molecule has 3 aliphatic carbocycles. The lowest BCUT2D eigenvalue weighted by Gasteiger charge is -2.66. The molecule has 0 aromatic heterocycles. The minimum Gasteiger partial charge on any atom is -0.493 e. The fourth-order valence-electron chi connectivity index (χ4n) is 7.20. The quantitative estimate of drug-likeness (QED) is 0.641. The summed E-state index contributed by atoms with van der Waals surface area (Å²) in [6.45, 7) is 7.14. The summed E-state index contributed by atoms with van der Waals surface area (Å²) in [5.41, 5.74) is -1.57. The molecule has 9 atom stereocenters. The predicted octanol–water partition coefficient (Wildman–Crippen LogP) is 1.01. The van der Waals surface area contributed by atoms with Crippen LogP contribution in [0.4, 0.5) is 0 Å². The van der Waals surface area contributed by atoms with E-state index in [0.717, 1.165) is 0 Å². The standard InChI is InChI=1S/C21H28O7/c1-8-6-11(22)18(26)21(4)13(8)14(24)19-20(3)10(7-12(23)28-19)9(2)16(27-5)15(25)17(20)21/h8,10-11,13-14,17,19,22,24H,6-7H2,1-5H3. The Kier molecular flexibility index (Phi) is 4.12. The molecule has 4 rings (SSSR count). The van der Waals surface area contributed by atoms with E-state index in [1.54, 1.807) is 13.8 Å². The summed E-state index contributed by atoms with van der Waals surface area (Å²) in [6, 6.07) is 0. The SMILES string of the molecule is COC1=C(C)C2CC(=O)OC3C(O)C4C(C)CC(O)C(=O)C4(C)C(C1=O)C23C. The number of ether oxygens (including phenoxy) is 2. The van der Waals surface area contributed by atoms with Crippen molar-refractivity contribution in [2.45, 2.75) is 58.8 Å². The fraction of sp³-hybridized carbons (Fsp3) is 0.762. The van der Waals surface area contributed by atoms with Crippen molar-refractivity contribution in [1.29, 1.82) is 0 Å². The first kappa shape index (κ1) is 19.6. The Morgan fingerprint density at radius 2 is 1.82 bits per heavy atom. The molecule has 0 bridgehead atoms. The first-order valence-electron chi connectivity index (χ1n) is 9.90. The van der Waals surface area contributed by atoms with E-state index in [0.29, 0.717) is 5.57 Å². The number of fused-ring (bicyclic) bond motifs is 2. The van der Waals surface area contributed by atoms with Gasteiger partial charge in [-0.3, -0.25) is 14.4 Å². The fourth-order valence-corrected chi connectivity index (χ4v) is 7.20. The third-order valence-corrected chi connectivity index (χ3v) is 8.20. The molecule has 7 nitrogen and oxygen atoms in total. The third kappa shape index (κ3) is 2.04. The van der Waals surface area contributed by atoms with Crippen LogP contribution in [0.25, 0.3) is 0 Å². The number of carbonyl (C=O) groups is 3. The highest BCUT2D eigenvalue weighted by Gasteiger charge is 2.75. The molecule has 0 spiro atoms. The van der Waals surface area contributed by atoms with Gasteiger partial charge in [0.15, 0.2) is 11.5 Å². The molecule has 1 aliphatic heterocycles. The average molecular weight is 392 g/mol. The number of methoxy groups -OCH3 is 1. The summed E-state index contributed by atoms with van der Waals surface area (Å²) in [6.07, 6.45) is -2.88. The molecular formula is C21H28O7. The monoisotopic (exact) mass is 392 g/mol. The number of hydrogen-bond acceptors (Lipinski definition) is 7. The van der Waals surface area contributed by atoms with Crippen LogP contribution in [0.3, 0.4) is 0 Å². The van der Waals surface area contributed by atoms with Gasteiger partial charge in [0.2, 0.25) is 5.78 Å². The second-order valence-corrected chi connectivity index (χ2v) is 9.44. The lowest BCUT2D eigenvalue weighted by Crippen LogP contribution is -2.75. The molecule has 1 heterocycles. The van der Waals surface area contributed by atoms with Crippen LogP contribution in [0.2, 0.25) is 0 Å². The predicted molar refractivity (Wildman–Crippen MR) is 96.7 cm³/mol. The number of aliphatic hydroxyl groups excluding tert-OH is 2. The number of hydrogen-bond donors (Lipinski definition) is 2. The van der Waals surface area contributed by atoms with Gasteiger partial charge in [-0.1, -0.05) is 20.8 Å². The van der Waals surface area contributed by atoms with E-state index < -0.39 is 52.7 Å². The van der Waals surface area contributed by atoms with Crippen molar-refractivity contribution in [1.82, 2.24) is 0 Å². The third-order valence-electron chi connectivity index (χ3n) is 8.20. The Hall–Kier alpha value is -1.73. The summed E-state index contributed by atoms with van der Waals surface area (Å²) in [7, 11) is 1.41. The van der Waals surface area contributed by atoms with Crippen LogP contribution >= 0.6 is 0 Å². The smallest absolute Gasteiger partial charge is 0.306 e. The number of rotatable bonds is 1. The van der Waals surface area contributed by atoms with Crippen molar-refractivity contribution in [3.8, 4) is 0 Å². The first-order chi connectivity index (χ1) is 13.0. The Morgan fingerprint density at radius 3 is 2.43 bits per heavy atom. The van der Waals surface area contributed by atoms with Crippen molar-refractivity contribution >= 4 is 17.5 Å². The molecule has 28 heavy (non-hydrogen) atoms. The maximum atomic E-state index is 13.6. The molecule has 154 valence electrons. The van der Waals surface area contributed by atoms with Gasteiger partial charge in [-0.25, -0.2) is 0 Å². The lowest BCUT2D eigenvalue weighted by atomic mass is 9.38. The van der Waals surface area contributed by atoms with Gasteiger partial charge in [0.25, 0.3) is 0 Å². The summed E-state index contributed by atoms with van der Waals surface area (Å²) < 4.78 is 11.1. The van der Waals surface area contributed by atoms with E-state index >= 15 is 0 Å². The molecule has 0 amide bonds. The highest BCUT2D eigenvalue weighted by atomic mass is 16.6. The second kappa shape index (κ2) is 5.89. The Labute approximate surface area is 164 Å². The molecular weight excluding hydrogens is 364 g/mol. The minimum absolute atomic E-state index is 0.0647. The van der Waals surface area contributed by atoms with Crippen LogP contribution in [0.1, 0.15) is 40.5 Å². The molecule has 3 fully saturated rings. The number of aliphatic hydroxyl groups is 2. The van der Waals surface area contributed by atoms with Crippen molar-refractivity contribution < 1.29 is 34.1 Å². The van der Waals surface area contributed by atoms with E-state index in [9.17, 15) is 24.6 Å². The Morgan fingerprint density at radius 1 is 1.18 bits per heavy atom. The molecule has 0 aromatic carbocycles. The van der Waals surface area contributed by atoms with Crippen LogP contribution in [0.5, 0.6) is 0 Å². The van der Waals surface area contributed by atoms with Crippen LogP contribution in [0, 0.1) is 34.5 Å². The van der Waals surface area contributed by atoms with Crippen LogP contribution < -0.4 is 0 Å². The van der Waals surface area contributed by atoms with Crippen LogP contribution in [-0.4, -0.2) is 53.2 Å². The van der Waals surface area contributed by atoms with E-state index in [2.05, 4.69) is 0 Å². The van der Waals surface area contributed by atoms with Crippen molar-refractivity contribution in [2.24, 2.45) is 34.5 Å². The molecule has 0 aromatic rings. The van der Waals surface area contributed by atoms with Gasteiger partial charge in [0.1, 0.15) is 12.2 Å². The van der Waals surface area contributed by atoms with Crippen molar-refractivity contribution in [3.63, 3.8) is 0 Å². The van der Waals surface area contributed by atoms with E-state index in [1.807, 2.05) is 13.8 Å². The van der Waals surface area contributed by atoms with E-state index in [4.69, 9.17) is 9.47 Å². The Bertz CT molecular complexity index is 801. The molecule has 2 saturated carbocycles. The maximum Gasteiger partial charge on any atom is 0.306 e. The van der Waals surface area contributed by atoms with Gasteiger partial charge in [-0.05, 0) is 24.8 Å². The molecule has 9 unspecified atom stereocenters. The first-order valence-corrected chi connectivity index (χ1v) is 9.90. The number of carbonyl (C=O) groups excluding carboxylic acids is 3. The lowest BCUT2D eigenvalue weighted by molar-refractivity contribution is -0.256. The van der Waals surface area contributed by atoms with Gasteiger partial charge >= 0.3 is 5.97 Å². The second-order valence-electron chi connectivity index (χ2n) is 9.44. The zero-order valence-corrected chi connectivity index (χ0v) is 16.9. The Balaban J connectivity index is 2.02. The summed E-state index contributed by atoms with van der Waals surface area (Å²) in [5, 5.41) is 21.8. The van der Waals surface area contributed by atoms with Crippen LogP contribution in [-0.2, 0) is 23.9 Å². The molecule has 1 saturated heterocycles. The summed E-state index contributed by atoms with van der Waals surface area (Å²) in [5.74, 6) is -3.02. The minimum atomic E-state index is -1.27. The van der Waals surface area contributed by atoms with E-state index in [1.165, 1.54) is 7.11 Å². The molecule has 0 radical (unpaired) electrons. The highest BCUT2D eigenvalue weighted by molar-refractivity contribution is 6.04. The van der Waals surface area contributed by atoms with Crippen molar-refractivity contribution in [3.05, 3.63) is 11.3 Å². The molecule has 7 heteroatoms. The van der Waals surface area contributed by atoms with Crippen molar-refractivity contribution in [2.75, 3.05) is 7.11 Å². The van der Waals surface area contributed by atoms with Gasteiger partial charge in [0.05, 0.1) is 19.6 Å². The summed E-state index contributed by atoms with van der Waals surface area (Å²) >= 11 is 0. The van der Waals surface area contributed by atoms with Gasteiger partial charge in [-0.2, -0.15) is 0 Å². The number of allylic oxidation sites excluding steroid dienone is 2. The largest absolute Gasteiger partial charge is 0.493 e. The number of esters is 1. The van der Waals surface area contributed by atoms with Gasteiger partial charge in [-0.15, -0.1) is 0 Å². The number of ketones is 2. The normalized spacial score (nSPS) is 50.7. The topological polar surface area (TPSA) is 110 Å². The van der Waals surface area contributed by atoms with Gasteiger partial charge < -0.3 is 19.7 Å². The maximum absolute atomic E-state index is 13.6. The summed E-state index contributed by atoms with van der Waals surface area (Å²) in [4.78, 5) is 39.3. The van der Waals surface area contributed by atoms with E-state index in [-0.39, 0.29) is 36.2 Å². The molecule has 2 N–H and O–H groups in total. The number of Topliss-reactive ketones (excluding diaryl/α,β-unsaturated/α-hetero) is 2. The average Bonchev–Trinajstić information content (AvgIpc) is 2.60.